The van der Waals surface area contributed by atoms with Crippen molar-refractivity contribution < 1.29 is 5.11 Å². The molecule has 134 valence electrons. The first kappa shape index (κ1) is 16.3. The summed E-state index contributed by atoms with van der Waals surface area (Å²) in [4.78, 5) is 2.44. The highest BCUT2D eigenvalue weighted by Crippen LogP contribution is 2.45. The van der Waals surface area contributed by atoms with Crippen molar-refractivity contribution in [1.29, 1.82) is 0 Å². The maximum Gasteiger partial charge on any atom is 0.0890 e. The lowest BCUT2D eigenvalue weighted by Crippen LogP contribution is -2.44. The zero-order valence-corrected chi connectivity index (χ0v) is 15.3. The maximum absolute atomic E-state index is 10.7. The molecule has 5 rings (SSSR count). The molecule has 0 amide bonds. The number of hydrogen-bond donors (Lipinski definition) is 1. The summed E-state index contributed by atoms with van der Waals surface area (Å²) in [5.41, 5.74) is 2.06. The van der Waals surface area contributed by atoms with Crippen molar-refractivity contribution in [3.05, 3.63) is 90.5 Å². The summed E-state index contributed by atoms with van der Waals surface area (Å²) in [5.74, 6) is 0. The normalized spacial score (nSPS) is 19.8. The Balaban J connectivity index is 1.75. The Morgan fingerprint density at radius 3 is 2.15 bits per heavy atom. The summed E-state index contributed by atoms with van der Waals surface area (Å²) in [6.07, 6.45) is 2.04. The monoisotopic (exact) mass is 353 g/mol. The van der Waals surface area contributed by atoms with Gasteiger partial charge in [-0.05, 0) is 40.6 Å². The molecule has 1 aliphatic rings. The zero-order chi connectivity index (χ0) is 18.3. The van der Waals surface area contributed by atoms with E-state index in [9.17, 15) is 5.11 Å². The van der Waals surface area contributed by atoms with Gasteiger partial charge in [0.1, 0.15) is 0 Å². The number of hydrogen-bond acceptors (Lipinski definition) is 2. The van der Waals surface area contributed by atoms with Gasteiger partial charge in [-0.2, -0.15) is 0 Å². The Morgan fingerprint density at radius 1 is 0.741 bits per heavy atom. The molecule has 0 aromatic heterocycles. The van der Waals surface area contributed by atoms with E-state index in [0.29, 0.717) is 0 Å². The van der Waals surface area contributed by atoms with Crippen LogP contribution in [-0.2, 0) is 5.54 Å². The Labute approximate surface area is 159 Å². The molecule has 27 heavy (non-hydrogen) atoms. The molecule has 4 aromatic carbocycles. The van der Waals surface area contributed by atoms with Crippen molar-refractivity contribution in [2.75, 3.05) is 18.1 Å². The topological polar surface area (TPSA) is 23.5 Å². The van der Waals surface area contributed by atoms with Gasteiger partial charge in [-0.1, -0.05) is 78.9 Å². The van der Waals surface area contributed by atoms with Gasteiger partial charge in [-0.15, -0.1) is 0 Å². The standard InChI is InChI=1S/C25H23NO/c27-18-25(23-14-5-10-19-8-1-3-12-21(19)23)16-7-17-26(25)24-15-6-11-20-9-2-4-13-22(20)24/h1-6,8-15,27H,7,16-18H2/t25-/m0/s1. The quantitative estimate of drug-likeness (QED) is 0.527. The zero-order valence-electron chi connectivity index (χ0n) is 15.3. The average Bonchev–Trinajstić information content (AvgIpc) is 3.18. The molecule has 0 saturated carbocycles. The molecule has 4 aromatic rings. The lowest BCUT2D eigenvalue weighted by atomic mass is 9.84. The summed E-state index contributed by atoms with van der Waals surface area (Å²) in [6, 6.07) is 30.0. The van der Waals surface area contributed by atoms with Crippen molar-refractivity contribution in [2.45, 2.75) is 18.4 Å². The molecule has 1 atom stereocenters. The number of rotatable bonds is 3. The lowest BCUT2D eigenvalue weighted by molar-refractivity contribution is 0.199. The van der Waals surface area contributed by atoms with Crippen LogP contribution in [0.2, 0.25) is 0 Å². The number of aliphatic hydroxyl groups is 1. The number of anilines is 1. The number of benzene rings is 4. The van der Waals surface area contributed by atoms with Crippen LogP contribution in [0.1, 0.15) is 18.4 Å². The van der Waals surface area contributed by atoms with Crippen LogP contribution in [-0.4, -0.2) is 18.3 Å². The van der Waals surface area contributed by atoms with E-state index < -0.39 is 0 Å². The van der Waals surface area contributed by atoms with Gasteiger partial charge in [-0.3, -0.25) is 0 Å². The van der Waals surface area contributed by atoms with E-state index in [0.717, 1.165) is 19.4 Å². The Kier molecular flexibility index (Phi) is 3.87. The third-order valence-electron chi connectivity index (χ3n) is 6.10. The first-order valence-electron chi connectivity index (χ1n) is 9.68. The Hall–Kier alpha value is -2.84. The minimum Gasteiger partial charge on any atom is -0.394 e. The molecule has 0 spiro atoms. The molecule has 1 saturated heterocycles. The Bertz CT molecular complexity index is 1110. The second kappa shape index (κ2) is 6.40. The highest BCUT2D eigenvalue weighted by Gasteiger charge is 2.43. The highest BCUT2D eigenvalue weighted by atomic mass is 16.3. The van der Waals surface area contributed by atoms with Gasteiger partial charge in [-0.25, -0.2) is 0 Å². The van der Waals surface area contributed by atoms with E-state index in [1.54, 1.807) is 0 Å². The molecule has 2 nitrogen and oxygen atoms in total. The third kappa shape index (κ3) is 2.44. The fourth-order valence-corrected chi connectivity index (χ4v) is 4.83. The van der Waals surface area contributed by atoms with Crippen molar-refractivity contribution >= 4 is 27.2 Å². The lowest BCUT2D eigenvalue weighted by Gasteiger charge is -2.40. The fraction of sp³-hybridized carbons (Fsp3) is 0.200. The van der Waals surface area contributed by atoms with Gasteiger partial charge < -0.3 is 10.0 Å². The largest absolute Gasteiger partial charge is 0.394 e. The second-order valence-electron chi connectivity index (χ2n) is 7.47. The Morgan fingerprint density at radius 2 is 1.37 bits per heavy atom. The molecule has 0 radical (unpaired) electrons. The minimum absolute atomic E-state index is 0.115. The summed E-state index contributed by atoms with van der Waals surface area (Å²) in [7, 11) is 0. The van der Waals surface area contributed by atoms with E-state index in [2.05, 4.69) is 89.8 Å². The first-order valence-corrected chi connectivity index (χ1v) is 9.68. The highest BCUT2D eigenvalue weighted by molar-refractivity contribution is 5.95. The van der Waals surface area contributed by atoms with Crippen LogP contribution in [0.4, 0.5) is 5.69 Å². The van der Waals surface area contributed by atoms with Crippen molar-refractivity contribution in [3.63, 3.8) is 0 Å². The van der Waals surface area contributed by atoms with Crippen LogP contribution in [0, 0.1) is 0 Å². The van der Waals surface area contributed by atoms with E-state index in [-0.39, 0.29) is 12.1 Å². The molecule has 0 aliphatic carbocycles. The minimum atomic E-state index is -0.384. The van der Waals surface area contributed by atoms with Crippen LogP contribution in [0.15, 0.2) is 84.9 Å². The van der Waals surface area contributed by atoms with Crippen molar-refractivity contribution in [2.24, 2.45) is 0 Å². The summed E-state index contributed by atoms with van der Waals surface area (Å²) >= 11 is 0. The van der Waals surface area contributed by atoms with Crippen molar-refractivity contribution in [3.8, 4) is 0 Å². The van der Waals surface area contributed by atoms with Gasteiger partial charge in [0.25, 0.3) is 0 Å². The van der Waals surface area contributed by atoms with Crippen LogP contribution < -0.4 is 4.90 Å². The predicted octanol–water partition coefficient (Wildman–Crippen LogP) is 5.48. The van der Waals surface area contributed by atoms with Gasteiger partial charge in [0.2, 0.25) is 0 Å². The predicted molar refractivity (Wildman–Crippen MR) is 113 cm³/mol. The number of nitrogens with zero attached hydrogens (tertiary/aromatic N) is 1. The van der Waals surface area contributed by atoms with E-state index in [1.165, 1.54) is 32.8 Å². The van der Waals surface area contributed by atoms with Gasteiger partial charge in [0, 0.05) is 17.6 Å². The summed E-state index contributed by atoms with van der Waals surface area (Å²) < 4.78 is 0. The molecule has 0 bridgehead atoms. The molecule has 2 heteroatoms. The molecular weight excluding hydrogens is 330 g/mol. The van der Waals surface area contributed by atoms with Gasteiger partial charge >= 0.3 is 0 Å². The second-order valence-corrected chi connectivity index (χ2v) is 7.47. The van der Waals surface area contributed by atoms with E-state index >= 15 is 0 Å². The fourth-order valence-electron chi connectivity index (χ4n) is 4.83. The molecule has 1 fully saturated rings. The average molecular weight is 353 g/mol. The first-order chi connectivity index (χ1) is 13.3. The molecule has 1 heterocycles. The maximum atomic E-state index is 10.7. The molecule has 1 aliphatic heterocycles. The van der Waals surface area contributed by atoms with Gasteiger partial charge in [0.15, 0.2) is 0 Å². The SMILES string of the molecule is OC[C@]1(c2cccc3ccccc23)CCCN1c1cccc2ccccc12. The van der Waals surface area contributed by atoms with Gasteiger partial charge in [0.05, 0.1) is 12.1 Å². The van der Waals surface area contributed by atoms with Crippen LogP contribution in [0.3, 0.4) is 0 Å². The number of fused-ring (bicyclic) bond motifs is 2. The molecule has 0 unspecified atom stereocenters. The smallest absolute Gasteiger partial charge is 0.0890 e. The van der Waals surface area contributed by atoms with Crippen molar-refractivity contribution in [1.82, 2.24) is 0 Å². The summed E-state index contributed by atoms with van der Waals surface area (Å²) in [5, 5.41) is 15.7. The molecular formula is C25H23NO. The van der Waals surface area contributed by atoms with Crippen LogP contribution in [0.5, 0.6) is 0 Å². The number of aliphatic hydroxyl groups excluding tert-OH is 1. The third-order valence-corrected chi connectivity index (χ3v) is 6.10. The van der Waals surface area contributed by atoms with Crippen LogP contribution in [0.25, 0.3) is 21.5 Å². The van der Waals surface area contributed by atoms with E-state index in [4.69, 9.17) is 0 Å². The molecule has 1 N–H and O–H groups in total. The van der Waals surface area contributed by atoms with Crippen LogP contribution >= 0.6 is 0 Å². The van der Waals surface area contributed by atoms with E-state index in [1.807, 2.05) is 0 Å². The summed E-state index contributed by atoms with van der Waals surface area (Å²) in [6.45, 7) is 1.07.